The fourth-order valence-electron chi connectivity index (χ4n) is 3.20. The Kier molecular flexibility index (Phi) is 9.43. The number of amides is 2. The molecule has 1 unspecified atom stereocenters. The van der Waals surface area contributed by atoms with Crippen LogP contribution in [0.4, 0.5) is 5.69 Å². The molecule has 11 nitrogen and oxygen atoms in total. The van der Waals surface area contributed by atoms with Gasteiger partial charge in [-0.2, -0.15) is 0 Å². The molecule has 178 valence electrons. The van der Waals surface area contributed by atoms with E-state index in [0.29, 0.717) is 22.8 Å². The van der Waals surface area contributed by atoms with E-state index in [4.69, 9.17) is 20.4 Å². The van der Waals surface area contributed by atoms with Crippen molar-refractivity contribution < 1.29 is 29.0 Å². The van der Waals surface area contributed by atoms with Crippen molar-refractivity contribution in [3.05, 3.63) is 53.0 Å². The maximum atomic E-state index is 12.7. The van der Waals surface area contributed by atoms with Crippen molar-refractivity contribution in [2.45, 2.75) is 23.7 Å². The lowest BCUT2D eigenvalue weighted by Crippen LogP contribution is -2.50. The molecule has 1 aliphatic carbocycles. The largest absolute Gasteiger partial charge is 0.494 e. The summed E-state index contributed by atoms with van der Waals surface area (Å²) in [5.74, 6) is 3.93. The number of carboxylic acids is 1. The minimum Gasteiger partial charge on any atom is -0.494 e. The summed E-state index contributed by atoms with van der Waals surface area (Å²) in [6, 6.07) is 6.48. The number of aliphatic carboxylic acids is 1. The molecule has 1 aromatic carbocycles. The van der Waals surface area contributed by atoms with E-state index in [0.717, 1.165) is 5.57 Å². The normalized spacial score (nSPS) is 17.9. The predicted molar refractivity (Wildman–Crippen MR) is 125 cm³/mol. The molecule has 0 saturated carbocycles. The number of methoxy groups -OCH3 is 2. The number of hydrogen-bond acceptors (Lipinski definition) is 7. The van der Waals surface area contributed by atoms with Crippen LogP contribution in [0, 0.1) is 0 Å². The second kappa shape index (κ2) is 12.0. The van der Waals surface area contributed by atoms with Gasteiger partial charge in [0.05, 0.1) is 26.5 Å². The van der Waals surface area contributed by atoms with Crippen LogP contribution in [-0.2, 0) is 19.1 Å². The van der Waals surface area contributed by atoms with Gasteiger partial charge in [0.25, 0.3) is 5.91 Å². The summed E-state index contributed by atoms with van der Waals surface area (Å²) in [4.78, 5) is 40.1. The van der Waals surface area contributed by atoms with Crippen LogP contribution in [0.3, 0.4) is 0 Å². The SMILES string of the molecule is COC1=C(OC)C(Br)(NC(=O)CNC(=O)c2cccc(N=CNN)c2)CC(CCC(=O)O)=C1. The highest BCUT2D eigenvalue weighted by molar-refractivity contribution is 9.10. The van der Waals surface area contributed by atoms with Crippen LogP contribution in [0.15, 0.2) is 52.4 Å². The highest BCUT2D eigenvalue weighted by Crippen LogP contribution is 2.40. The van der Waals surface area contributed by atoms with Crippen molar-refractivity contribution in [1.29, 1.82) is 0 Å². The van der Waals surface area contributed by atoms with Gasteiger partial charge in [-0.15, -0.1) is 0 Å². The molecular formula is C21H26BrN5O6. The molecule has 0 heterocycles. The zero-order valence-electron chi connectivity index (χ0n) is 18.2. The Bertz CT molecular complexity index is 993. The lowest BCUT2D eigenvalue weighted by molar-refractivity contribution is -0.137. The van der Waals surface area contributed by atoms with Gasteiger partial charge in [-0.05, 0) is 30.7 Å². The third-order valence-corrected chi connectivity index (χ3v) is 5.46. The van der Waals surface area contributed by atoms with Crippen LogP contribution in [-0.4, -0.2) is 54.4 Å². The Morgan fingerprint density at radius 1 is 1.30 bits per heavy atom. The molecule has 33 heavy (non-hydrogen) atoms. The monoisotopic (exact) mass is 523 g/mol. The van der Waals surface area contributed by atoms with Crippen molar-refractivity contribution in [2.24, 2.45) is 10.8 Å². The van der Waals surface area contributed by atoms with Gasteiger partial charge < -0.3 is 30.6 Å². The lowest BCUT2D eigenvalue weighted by Gasteiger charge is -2.35. The van der Waals surface area contributed by atoms with Crippen LogP contribution >= 0.6 is 15.9 Å². The summed E-state index contributed by atoms with van der Waals surface area (Å²) in [5, 5.41) is 14.3. The summed E-state index contributed by atoms with van der Waals surface area (Å²) in [6.45, 7) is -0.308. The van der Waals surface area contributed by atoms with Gasteiger partial charge >= 0.3 is 5.97 Å². The van der Waals surface area contributed by atoms with Gasteiger partial charge in [-0.1, -0.05) is 27.6 Å². The van der Waals surface area contributed by atoms with Crippen molar-refractivity contribution in [2.75, 3.05) is 20.8 Å². The maximum Gasteiger partial charge on any atom is 0.303 e. The highest BCUT2D eigenvalue weighted by Gasteiger charge is 2.40. The number of halogens is 1. The van der Waals surface area contributed by atoms with E-state index >= 15 is 0 Å². The fourth-order valence-corrected chi connectivity index (χ4v) is 4.14. The first-order valence-electron chi connectivity index (χ1n) is 9.83. The predicted octanol–water partition coefficient (Wildman–Crippen LogP) is 1.45. The van der Waals surface area contributed by atoms with Crippen molar-refractivity contribution in [3.8, 4) is 0 Å². The molecule has 1 aliphatic rings. The van der Waals surface area contributed by atoms with E-state index in [-0.39, 0.29) is 25.8 Å². The summed E-state index contributed by atoms with van der Waals surface area (Å²) in [5.41, 5.74) is 3.85. The molecule has 1 aromatic rings. The van der Waals surface area contributed by atoms with E-state index < -0.39 is 22.2 Å². The molecular weight excluding hydrogens is 498 g/mol. The number of allylic oxidation sites excluding steroid dienone is 1. The van der Waals surface area contributed by atoms with Gasteiger partial charge in [-0.3, -0.25) is 14.4 Å². The van der Waals surface area contributed by atoms with Crippen molar-refractivity contribution >= 4 is 45.7 Å². The number of carbonyl (C=O) groups excluding carboxylic acids is 2. The number of hydrogen-bond donors (Lipinski definition) is 5. The quantitative estimate of drug-likeness (QED) is 0.0725. The molecule has 0 saturated heterocycles. The topological polar surface area (TPSA) is 164 Å². The Hall–Kier alpha value is -3.38. The molecule has 12 heteroatoms. The number of nitrogens with one attached hydrogen (secondary N) is 3. The van der Waals surface area contributed by atoms with E-state index in [1.807, 2.05) is 0 Å². The van der Waals surface area contributed by atoms with Crippen molar-refractivity contribution in [3.63, 3.8) is 0 Å². The molecule has 0 spiro atoms. The third-order valence-electron chi connectivity index (χ3n) is 4.62. The molecule has 0 radical (unpaired) electrons. The standard InChI is InChI=1S/C21H26BrN5O6/c1-32-16-8-13(6-7-18(29)30)10-21(22,19(16)33-2)27-17(28)11-24-20(31)14-4-3-5-15(9-14)25-12-26-23/h3-5,8-9,12H,6-7,10-11,23H2,1-2H3,(H,24,31)(H,25,26)(H,27,28)(H,29,30). The molecule has 0 aromatic heterocycles. The number of nitrogens with zero attached hydrogens (tertiary/aromatic N) is 1. The van der Waals surface area contributed by atoms with Crippen molar-refractivity contribution in [1.82, 2.24) is 16.1 Å². The average Bonchev–Trinajstić information content (AvgIpc) is 2.79. The number of carbonyl (C=O) groups is 3. The average molecular weight is 524 g/mol. The second-order valence-corrected chi connectivity index (χ2v) is 8.34. The summed E-state index contributed by atoms with van der Waals surface area (Å²) >= 11 is 3.51. The van der Waals surface area contributed by atoms with E-state index in [2.05, 4.69) is 37.0 Å². The van der Waals surface area contributed by atoms with E-state index in [9.17, 15) is 14.4 Å². The summed E-state index contributed by atoms with van der Waals surface area (Å²) in [7, 11) is 2.88. The number of aliphatic imine (C=N–C) groups is 1. The Balaban J connectivity index is 2.07. The number of ether oxygens (including phenoxy) is 2. The van der Waals surface area contributed by atoms with Gasteiger partial charge in [0.2, 0.25) is 5.91 Å². The number of alkyl halides is 1. The molecule has 2 rings (SSSR count). The van der Waals surface area contributed by atoms with Crippen LogP contribution in [0.25, 0.3) is 0 Å². The number of nitrogens with two attached hydrogens (primary N) is 1. The molecule has 0 bridgehead atoms. The van der Waals surface area contributed by atoms with Crippen LogP contribution in [0.2, 0.25) is 0 Å². The smallest absolute Gasteiger partial charge is 0.303 e. The molecule has 1 atom stereocenters. The lowest BCUT2D eigenvalue weighted by atomic mass is 9.94. The Morgan fingerprint density at radius 2 is 2.06 bits per heavy atom. The number of carboxylic acid groups (broad SMARTS) is 1. The minimum atomic E-state index is -1.17. The van der Waals surface area contributed by atoms with Crippen LogP contribution in [0.1, 0.15) is 29.6 Å². The zero-order valence-corrected chi connectivity index (χ0v) is 19.8. The molecule has 6 N–H and O–H groups in total. The third kappa shape index (κ3) is 7.32. The zero-order chi connectivity index (χ0) is 24.4. The fraction of sp³-hybridized carbons (Fsp3) is 0.333. The first-order valence-corrected chi connectivity index (χ1v) is 10.6. The number of rotatable bonds is 11. The number of benzene rings is 1. The first-order chi connectivity index (χ1) is 15.7. The second-order valence-electron chi connectivity index (χ2n) is 6.98. The minimum absolute atomic E-state index is 0.0668. The van der Waals surface area contributed by atoms with E-state index in [1.165, 1.54) is 20.6 Å². The molecule has 2 amide bonds. The maximum absolute atomic E-state index is 12.7. The van der Waals surface area contributed by atoms with Gasteiger partial charge in [0.1, 0.15) is 6.34 Å². The Morgan fingerprint density at radius 3 is 2.70 bits per heavy atom. The van der Waals surface area contributed by atoms with Crippen LogP contribution in [0.5, 0.6) is 0 Å². The first kappa shape index (κ1) is 25.9. The summed E-state index contributed by atoms with van der Waals surface area (Å²) < 4.78 is 9.64. The molecule has 0 fully saturated rings. The highest BCUT2D eigenvalue weighted by atomic mass is 79.9. The van der Waals surface area contributed by atoms with E-state index in [1.54, 1.807) is 30.3 Å². The van der Waals surface area contributed by atoms with Gasteiger partial charge in [0.15, 0.2) is 16.0 Å². The Labute approximate surface area is 199 Å². The molecule has 0 aliphatic heterocycles. The van der Waals surface area contributed by atoms with Gasteiger partial charge in [0, 0.05) is 18.4 Å². The van der Waals surface area contributed by atoms with Crippen LogP contribution < -0.4 is 21.9 Å². The van der Waals surface area contributed by atoms with Gasteiger partial charge in [-0.25, -0.2) is 10.8 Å². The number of hydrazine groups is 1. The summed E-state index contributed by atoms with van der Waals surface area (Å²) in [6.07, 6.45) is 3.44.